The number of benzene rings is 1. The topological polar surface area (TPSA) is 33.7 Å². The minimum absolute atomic E-state index is 0.756. The molecule has 108 valence electrons. The Hall–Kier alpha value is -1.10. The van der Waals surface area contributed by atoms with Gasteiger partial charge in [0.2, 0.25) is 0 Å². The van der Waals surface area contributed by atoms with Crippen molar-refractivity contribution in [2.75, 3.05) is 41.0 Å². The number of hydrogen-bond acceptors (Lipinski definition) is 4. The van der Waals surface area contributed by atoms with Crippen LogP contribution in [0.4, 0.5) is 0 Å². The van der Waals surface area contributed by atoms with Crippen molar-refractivity contribution >= 4 is 0 Å². The molecule has 1 N–H and O–H groups in total. The second kappa shape index (κ2) is 8.91. The second-order valence-electron chi connectivity index (χ2n) is 4.54. The maximum absolute atomic E-state index is 5.45. The normalized spacial score (nSPS) is 11.0. The molecule has 0 spiro atoms. The van der Waals surface area contributed by atoms with Crippen LogP contribution in [0.15, 0.2) is 18.2 Å². The Morgan fingerprint density at radius 1 is 1.26 bits per heavy atom. The van der Waals surface area contributed by atoms with Crippen LogP contribution in [-0.4, -0.2) is 45.9 Å². The van der Waals surface area contributed by atoms with Crippen molar-refractivity contribution in [2.45, 2.75) is 20.0 Å². The Bertz CT molecular complexity index is 369. The molecule has 0 atom stereocenters. The summed E-state index contributed by atoms with van der Waals surface area (Å²) in [4.78, 5) is 2.35. The summed E-state index contributed by atoms with van der Waals surface area (Å²) in [5, 5.41) is 3.18. The van der Waals surface area contributed by atoms with Gasteiger partial charge in [0.1, 0.15) is 5.75 Å². The van der Waals surface area contributed by atoms with Crippen LogP contribution in [-0.2, 0) is 17.8 Å². The summed E-state index contributed by atoms with van der Waals surface area (Å²) in [7, 11) is 5.42. The highest BCUT2D eigenvalue weighted by Gasteiger charge is 2.09. The molecule has 0 aliphatic rings. The van der Waals surface area contributed by atoms with Gasteiger partial charge < -0.3 is 14.8 Å². The summed E-state index contributed by atoms with van der Waals surface area (Å²) in [6.07, 6.45) is 0. The molecule has 0 aliphatic heterocycles. The molecule has 0 saturated heterocycles. The molecule has 0 unspecified atom stereocenters. The third-order valence-electron chi connectivity index (χ3n) is 3.18. The minimum Gasteiger partial charge on any atom is -0.496 e. The molecule has 0 amide bonds. The van der Waals surface area contributed by atoms with E-state index in [4.69, 9.17) is 9.47 Å². The highest BCUT2D eigenvalue weighted by molar-refractivity contribution is 5.37. The van der Waals surface area contributed by atoms with E-state index in [0.717, 1.165) is 38.5 Å². The number of nitrogens with zero attached hydrogens (tertiary/aromatic N) is 1. The van der Waals surface area contributed by atoms with E-state index in [2.05, 4.69) is 29.3 Å². The maximum atomic E-state index is 5.45. The van der Waals surface area contributed by atoms with E-state index >= 15 is 0 Å². The fourth-order valence-electron chi connectivity index (χ4n) is 2.08. The largest absolute Gasteiger partial charge is 0.496 e. The minimum atomic E-state index is 0.756. The number of hydrogen-bond donors (Lipinski definition) is 1. The maximum Gasteiger partial charge on any atom is 0.123 e. The smallest absolute Gasteiger partial charge is 0.123 e. The highest BCUT2D eigenvalue weighted by Crippen LogP contribution is 2.21. The van der Waals surface area contributed by atoms with Gasteiger partial charge in [0.25, 0.3) is 0 Å². The van der Waals surface area contributed by atoms with E-state index in [1.807, 2.05) is 13.1 Å². The summed E-state index contributed by atoms with van der Waals surface area (Å²) in [5.74, 6) is 0.954. The first kappa shape index (κ1) is 16.0. The molecular weight excluding hydrogens is 240 g/mol. The van der Waals surface area contributed by atoms with Crippen LogP contribution < -0.4 is 10.1 Å². The average Bonchev–Trinajstić information content (AvgIpc) is 2.44. The van der Waals surface area contributed by atoms with E-state index in [-0.39, 0.29) is 0 Å². The van der Waals surface area contributed by atoms with Crippen LogP contribution in [0.5, 0.6) is 5.75 Å². The van der Waals surface area contributed by atoms with Crippen molar-refractivity contribution in [1.82, 2.24) is 10.2 Å². The van der Waals surface area contributed by atoms with Crippen LogP contribution in [0.1, 0.15) is 18.1 Å². The first-order valence-corrected chi connectivity index (χ1v) is 6.76. The standard InChI is InChI=1S/C15H26N2O2/c1-5-17(8-9-18-3)12-14-10-13(11-16-2)6-7-15(14)19-4/h6-7,10,16H,5,8-9,11-12H2,1-4H3. The molecule has 0 aliphatic carbocycles. The second-order valence-corrected chi connectivity index (χ2v) is 4.54. The zero-order chi connectivity index (χ0) is 14.1. The Morgan fingerprint density at radius 3 is 2.63 bits per heavy atom. The Kier molecular flexibility index (Phi) is 7.48. The summed E-state index contributed by atoms with van der Waals surface area (Å²) in [5.41, 5.74) is 2.51. The zero-order valence-electron chi connectivity index (χ0n) is 12.5. The van der Waals surface area contributed by atoms with Crippen LogP contribution in [0.25, 0.3) is 0 Å². The fraction of sp³-hybridized carbons (Fsp3) is 0.600. The van der Waals surface area contributed by atoms with E-state index in [1.165, 1.54) is 11.1 Å². The van der Waals surface area contributed by atoms with Crippen molar-refractivity contribution in [3.8, 4) is 5.75 Å². The average molecular weight is 266 g/mol. The van der Waals surface area contributed by atoms with Crippen molar-refractivity contribution in [3.05, 3.63) is 29.3 Å². The van der Waals surface area contributed by atoms with E-state index in [9.17, 15) is 0 Å². The van der Waals surface area contributed by atoms with E-state index < -0.39 is 0 Å². The molecule has 0 saturated carbocycles. The van der Waals surface area contributed by atoms with Gasteiger partial charge in [0.05, 0.1) is 13.7 Å². The predicted octanol–water partition coefficient (Wildman–Crippen LogP) is 1.88. The Morgan fingerprint density at radius 2 is 2.05 bits per heavy atom. The molecule has 0 bridgehead atoms. The van der Waals surface area contributed by atoms with Gasteiger partial charge >= 0.3 is 0 Å². The molecule has 0 radical (unpaired) electrons. The molecule has 4 nitrogen and oxygen atoms in total. The van der Waals surface area contributed by atoms with Gasteiger partial charge in [-0.1, -0.05) is 13.0 Å². The van der Waals surface area contributed by atoms with Crippen molar-refractivity contribution < 1.29 is 9.47 Å². The van der Waals surface area contributed by atoms with Gasteiger partial charge in [-0.15, -0.1) is 0 Å². The van der Waals surface area contributed by atoms with Crippen molar-refractivity contribution in [3.63, 3.8) is 0 Å². The summed E-state index contributed by atoms with van der Waals surface area (Å²) in [6.45, 7) is 6.63. The molecule has 1 aromatic rings. The van der Waals surface area contributed by atoms with Crippen LogP contribution in [0.2, 0.25) is 0 Å². The lowest BCUT2D eigenvalue weighted by atomic mass is 10.1. The number of likely N-dealkylation sites (N-methyl/N-ethyl adjacent to an activating group) is 1. The van der Waals surface area contributed by atoms with Crippen LogP contribution in [0.3, 0.4) is 0 Å². The molecular formula is C15H26N2O2. The summed E-state index contributed by atoms with van der Waals surface area (Å²) < 4.78 is 10.6. The first-order valence-electron chi connectivity index (χ1n) is 6.76. The van der Waals surface area contributed by atoms with Gasteiger partial charge in [0, 0.05) is 32.3 Å². The van der Waals surface area contributed by atoms with Crippen LogP contribution in [0, 0.1) is 0 Å². The fourth-order valence-corrected chi connectivity index (χ4v) is 2.08. The van der Waals surface area contributed by atoms with Gasteiger partial charge in [-0.25, -0.2) is 0 Å². The molecule has 19 heavy (non-hydrogen) atoms. The van der Waals surface area contributed by atoms with Gasteiger partial charge in [-0.05, 0) is 31.3 Å². The van der Waals surface area contributed by atoms with E-state index in [0.29, 0.717) is 0 Å². The molecule has 1 aromatic carbocycles. The third-order valence-corrected chi connectivity index (χ3v) is 3.18. The SMILES string of the molecule is CCN(CCOC)Cc1cc(CNC)ccc1OC. The monoisotopic (exact) mass is 266 g/mol. The van der Waals surface area contributed by atoms with Gasteiger partial charge in [-0.2, -0.15) is 0 Å². The Labute approximate surface area is 116 Å². The van der Waals surface area contributed by atoms with Crippen LogP contribution >= 0.6 is 0 Å². The summed E-state index contributed by atoms with van der Waals surface area (Å²) >= 11 is 0. The molecule has 1 rings (SSSR count). The Balaban J connectivity index is 2.79. The molecule has 0 aromatic heterocycles. The predicted molar refractivity (Wildman–Crippen MR) is 78.6 cm³/mol. The zero-order valence-corrected chi connectivity index (χ0v) is 12.5. The quantitative estimate of drug-likeness (QED) is 0.740. The number of nitrogens with one attached hydrogen (secondary N) is 1. The lowest BCUT2D eigenvalue weighted by molar-refractivity contribution is 0.147. The number of rotatable bonds is 9. The number of methoxy groups -OCH3 is 2. The van der Waals surface area contributed by atoms with Gasteiger partial charge in [-0.3, -0.25) is 4.90 Å². The lowest BCUT2D eigenvalue weighted by Gasteiger charge is -2.21. The highest BCUT2D eigenvalue weighted by atomic mass is 16.5. The molecule has 0 fully saturated rings. The van der Waals surface area contributed by atoms with E-state index in [1.54, 1.807) is 14.2 Å². The lowest BCUT2D eigenvalue weighted by Crippen LogP contribution is -2.27. The third kappa shape index (κ3) is 5.19. The first-order chi connectivity index (χ1) is 9.24. The summed E-state index contributed by atoms with van der Waals surface area (Å²) in [6, 6.07) is 6.36. The molecule has 0 heterocycles. The number of ether oxygens (including phenoxy) is 2. The van der Waals surface area contributed by atoms with Gasteiger partial charge in [0.15, 0.2) is 0 Å². The van der Waals surface area contributed by atoms with Crippen molar-refractivity contribution in [2.24, 2.45) is 0 Å². The van der Waals surface area contributed by atoms with Crippen molar-refractivity contribution in [1.29, 1.82) is 0 Å². The molecule has 4 heteroatoms.